The van der Waals surface area contributed by atoms with Crippen molar-refractivity contribution >= 4 is 23.1 Å². The highest BCUT2D eigenvalue weighted by atomic mass is 32.1. The molecule has 1 heterocycles. The van der Waals surface area contributed by atoms with Gasteiger partial charge in [0, 0.05) is 6.20 Å². The smallest absolute Gasteiger partial charge is 0.267 e. The summed E-state index contributed by atoms with van der Waals surface area (Å²) in [5, 5.41) is 2.82. The molecule has 1 N–H and O–H groups in total. The summed E-state index contributed by atoms with van der Waals surface area (Å²) >= 11 is 1.17. The predicted molar refractivity (Wildman–Crippen MR) is 72.3 cm³/mol. The van der Waals surface area contributed by atoms with E-state index in [1.54, 1.807) is 12.3 Å². The number of nitrogens with one attached hydrogen (secondary N) is 1. The molecular weight excluding hydrogens is 248 g/mol. The first-order valence-corrected chi connectivity index (χ1v) is 6.42. The second-order valence-corrected chi connectivity index (χ2v) is 4.83. The number of nitrogens with zero attached hydrogens (tertiary/aromatic N) is 1. The fraction of sp³-hybridized carbons (Fsp3) is 0.231. The molecule has 1 aromatic heterocycles. The van der Waals surface area contributed by atoms with Crippen molar-refractivity contribution in [2.75, 3.05) is 5.32 Å². The van der Waals surface area contributed by atoms with Crippen molar-refractivity contribution in [3.05, 3.63) is 41.4 Å². The van der Waals surface area contributed by atoms with Gasteiger partial charge in [0.1, 0.15) is 10.6 Å². The van der Waals surface area contributed by atoms with Gasteiger partial charge in [0.25, 0.3) is 5.91 Å². The first-order valence-electron chi connectivity index (χ1n) is 5.64. The maximum atomic E-state index is 11.9. The summed E-state index contributed by atoms with van der Waals surface area (Å²) in [6, 6.07) is 9.07. The van der Waals surface area contributed by atoms with Crippen LogP contribution in [-0.2, 0) is 0 Å². The number of hydrogen-bond donors (Lipinski definition) is 1. The Morgan fingerprint density at radius 2 is 2.11 bits per heavy atom. The SMILES string of the molecule is CC(C)Oc1ccccc1NC(=O)c1ccns1. The third-order valence-corrected chi connectivity index (χ3v) is 2.90. The Balaban J connectivity index is 2.16. The lowest BCUT2D eigenvalue weighted by Gasteiger charge is -2.14. The van der Waals surface area contributed by atoms with Crippen LogP contribution in [0.25, 0.3) is 0 Å². The van der Waals surface area contributed by atoms with E-state index in [-0.39, 0.29) is 12.0 Å². The molecule has 5 heteroatoms. The number of para-hydroxylation sites is 2. The predicted octanol–water partition coefficient (Wildman–Crippen LogP) is 3.18. The summed E-state index contributed by atoms with van der Waals surface area (Å²) < 4.78 is 9.54. The number of aromatic nitrogens is 1. The quantitative estimate of drug-likeness (QED) is 0.920. The second kappa shape index (κ2) is 5.64. The molecule has 0 radical (unpaired) electrons. The van der Waals surface area contributed by atoms with Crippen molar-refractivity contribution in [1.82, 2.24) is 4.37 Å². The highest BCUT2D eigenvalue weighted by Gasteiger charge is 2.11. The summed E-state index contributed by atoms with van der Waals surface area (Å²) in [6.07, 6.45) is 1.67. The second-order valence-electron chi connectivity index (χ2n) is 3.99. The number of amides is 1. The van der Waals surface area contributed by atoms with E-state index in [1.807, 2.05) is 38.1 Å². The van der Waals surface area contributed by atoms with Gasteiger partial charge in [0.15, 0.2) is 0 Å². The molecule has 0 saturated carbocycles. The number of benzene rings is 1. The number of carbonyl (C=O) groups is 1. The van der Waals surface area contributed by atoms with Gasteiger partial charge < -0.3 is 10.1 Å². The van der Waals surface area contributed by atoms with E-state index in [0.29, 0.717) is 16.3 Å². The van der Waals surface area contributed by atoms with Crippen molar-refractivity contribution < 1.29 is 9.53 Å². The molecule has 0 saturated heterocycles. The van der Waals surface area contributed by atoms with E-state index in [2.05, 4.69) is 9.69 Å². The van der Waals surface area contributed by atoms with Crippen LogP contribution in [0.2, 0.25) is 0 Å². The monoisotopic (exact) mass is 262 g/mol. The lowest BCUT2D eigenvalue weighted by molar-refractivity contribution is 0.102. The van der Waals surface area contributed by atoms with Crippen molar-refractivity contribution in [3.8, 4) is 5.75 Å². The lowest BCUT2D eigenvalue weighted by Crippen LogP contribution is -2.13. The summed E-state index contributed by atoms with van der Waals surface area (Å²) in [5.41, 5.74) is 0.671. The Hall–Kier alpha value is -1.88. The molecule has 0 bridgehead atoms. The van der Waals surface area contributed by atoms with Crippen molar-refractivity contribution in [2.45, 2.75) is 20.0 Å². The molecule has 18 heavy (non-hydrogen) atoms. The van der Waals surface area contributed by atoms with E-state index in [1.165, 1.54) is 11.5 Å². The zero-order chi connectivity index (χ0) is 13.0. The Kier molecular flexibility index (Phi) is 3.94. The fourth-order valence-electron chi connectivity index (χ4n) is 1.44. The van der Waals surface area contributed by atoms with Crippen LogP contribution in [0, 0.1) is 0 Å². The van der Waals surface area contributed by atoms with Gasteiger partial charge >= 0.3 is 0 Å². The average molecular weight is 262 g/mol. The fourth-order valence-corrected chi connectivity index (χ4v) is 1.93. The standard InChI is InChI=1S/C13H14N2O2S/c1-9(2)17-11-6-4-3-5-10(11)15-13(16)12-7-8-14-18-12/h3-9H,1-2H3,(H,15,16). The molecule has 1 aromatic carbocycles. The number of hydrogen-bond acceptors (Lipinski definition) is 4. The minimum atomic E-state index is -0.169. The number of rotatable bonds is 4. The Bertz CT molecular complexity index is 524. The molecule has 1 amide bonds. The molecule has 0 fully saturated rings. The van der Waals surface area contributed by atoms with Gasteiger partial charge in [0.05, 0.1) is 11.8 Å². The highest BCUT2D eigenvalue weighted by Crippen LogP contribution is 2.25. The van der Waals surface area contributed by atoms with Crippen LogP contribution in [0.5, 0.6) is 5.75 Å². The molecule has 0 spiro atoms. The van der Waals surface area contributed by atoms with Gasteiger partial charge in [-0.2, -0.15) is 0 Å². The highest BCUT2D eigenvalue weighted by molar-refractivity contribution is 7.08. The van der Waals surface area contributed by atoms with Crippen LogP contribution in [0.4, 0.5) is 5.69 Å². The lowest BCUT2D eigenvalue weighted by atomic mass is 10.3. The number of ether oxygens (including phenoxy) is 1. The Labute approximate surface area is 110 Å². The molecular formula is C13H14N2O2S. The summed E-state index contributed by atoms with van der Waals surface area (Å²) in [6.45, 7) is 3.89. The third kappa shape index (κ3) is 3.07. The van der Waals surface area contributed by atoms with Crippen LogP contribution < -0.4 is 10.1 Å². The first-order chi connectivity index (χ1) is 8.66. The van der Waals surface area contributed by atoms with Crippen LogP contribution in [-0.4, -0.2) is 16.4 Å². The van der Waals surface area contributed by atoms with Crippen LogP contribution in [0.3, 0.4) is 0 Å². The topological polar surface area (TPSA) is 51.2 Å². The van der Waals surface area contributed by atoms with E-state index in [9.17, 15) is 4.79 Å². The average Bonchev–Trinajstić information content (AvgIpc) is 2.84. The van der Waals surface area contributed by atoms with Crippen molar-refractivity contribution in [3.63, 3.8) is 0 Å². The Morgan fingerprint density at radius 3 is 2.78 bits per heavy atom. The largest absolute Gasteiger partial charge is 0.489 e. The Morgan fingerprint density at radius 1 is 1.33 bits per heavy atom. The molecule has 0 aliphatic rings. The molecule has 0 unspecified atom stereocenters. The van der Waals surface area contributed by atoms with Crippen molar-refractivity contribution in [2.24, 2.45) is 0 Å². The van der Waals surface area contributed by atoms with E-state index in [4.69, 9.17) is 4.74 Å². The minimum absolute atomic E-state index is 0.0615. The van der Waals surface area contributed by atoms with Gasteiger partial charge in [-0.05, 0) is 43.6 Å². The molecule has 0 atom stereocenters. The molecule has 4 nitrogen and oxygen atoms in total. The maximum absolute atomic E-state index is 11.9. The zero-order valence-electron chi connectivity index (χ0n) is 10.2. The van der Waals surface area contributed by atoms with E-state index >= 15 is 0 Å². The van der Waals surface area contributed by atoms with E-state index in [0.717, 1.165) is 0 Å². The van der Waals surface area contributed by atoms with Gasteiger partial charge in [-0.3, -0.25) is 4.79 Å². The van der Waals surface area contributed by atoms with Crippen LogP contribution >= 0.6 is 11.5 Å². The summed E-state index contributed by atoms with van der Waals surface area (Å²) in [4.78, 5) is 12.5. The summed E-state index contributed by atoms with van der Waals surface area (Å²) in [5.74, 6) is 0.502. The maximum Gasteiger partial charge on any atom is 0.267 e. The first kappa shape index (κ1) is 12.6. The molecule has 2 rings (SSSR count). The van der Waals surface area contributed by atoms with Gasteiger partial charge in [-0.15, -0.1) is 0 Å². The number of carbonyl (C=O) groups excluding carboxylic acids is 1. The van der Waals surface area contributed by atoms with E-state index < -0.39 is 0 Å². The van der Waals surface area contributed by atoms with Gasteiger partial charge in [0.2, 0.25) is 0 Å². The molecule has 2 aromatic rings. The van der Waals surface area contributed by atoms with Gasteiger partial charge in [-0.25, -0.2) is 4.37 Å². The van der Waals surface area contributed by atoms with Crippen molar-refractivity contribution in [1.29, 1.82) is 0 Å². The zero-order valence-corrected chi connectivity index (χ0v) is 11.0. The molecule has 0 aliphatic carbocycles. The molecule has 94 valence electrons. The molecule has 0 aliphatic heterocycles. The number of anilines is 1. The van der Waals surface area contributed by atoms with Gasteiger partial charge in [-0.1, -0.05) is 12.1 Å². The minimum Gasteiger partial charge on any atom is -0.489 e. The summed E-state index contributed by atoms with van der Waals surface area (Å²) in [7, 11) is 0. The normalized spacial score (nSPS) is 10.4. The van der Waals surface area contributed by atoms with Crippen LogP contribution in [0.15, 0.2) is 36.5 Å². The third-order valence-electron chi connectivity index (χ3n) is 2.16. The van der Waals surface area contributed by atoms with Crippen LogP contribution in [0.1, 0.15) is 23.5 Å².